The number of amides is 2. The van der Waals surface area contributed by atoms with Gasteiger partial charge in [-0.1, -0.05) is 11.2 Å². The molecule has 182 valence electrons. The number of likely N-dealkylation sites (N-methyl/N-ethyl adjacent to an activating group) is 1. The zero-order valence-electron chi connectivity index (χ0n) is 20.0. The largest absolute Gasteiger partial charge is 0.360 e. The number of pyridine rings is 1. The minimum absolute atomic E-state index is 0.0448. The van der Waals surface area contributed by atoms with Gasteiger partial charge in [0.1, 0.15) is 23.4 Å². The van der Waals surface area contributed by atoms with Crippen molar-refractivity contribution in [3.63, 3.8) is 0 Å². The highest BCUT2D eigenvalue weighted by Gasteiger charge is 2.33. The monoisotopic (exact) mass is 475 g/mol. The van der Waals surface area contributed by atoms with Gasteiger partial charge in [-0.2, -0.15) is 0 Å². The summed E-state index contributed by atoms with van der Waals surface area (Å²) in [6.07, 6.45) is 5.63. The first-order valence-electron chi connectivity index (χ1n) is 12.1. The Morgan fingerprint density at radius 2 is 1.80 bits per heavy atom. The van der Waals surface area contributed by atoms with Crippen molar-refractivity contribution >= 4 is 17.8 Å². The summed E-state index contributed by atoms with van der Waals surface area (Å²) in [4.78, 5) is 42.2. The summed E-state index contributed by atoms with van der Waals surface area (Å²) in [6.45, 7) is 4.15. The quantitative estimate of drug-likeness (QED) is 0.578. The third-order valence-electron chi connectivity index (χ3n) is 6.61. The lowest BCUT2D eigenvalue weighted by atomic mass is 10.0. The number of anilines is 1. The fraction of sp³-hybridized carbons (Fsp3) is 0.440. The second-order valence-corrected chi connectivity index (χ2v) is 9.14. The Morgan fingerprint density at radius 3 is 2.54 bits per heavy atom. The van der Waals surface area contributed by atoms with Crippen LogP contribution in [0.1, 0.15) is 44.3 Å². The lowest BCUT2D eigenvalue weighted by molar-refractivity contribution is -0.132. The molecule has 5 rings (SSSR count). The van der Waals surface area contributed by atoms with Gasteiger partial charge in [-0.3, -0.25) is 9.59 Å². The molecular formula is C25H29N7O3. The maximum Gasteiger partial charge on any atom is 0.244 e. The number of carbonyl (C=O) groups is 2. The van der Waals surface area contributed by atoms with Crippen LogP contribution in [0.15, 0.2) is 41.1 Å². The van der Waals surface area contributed by atoms with E-state index in [0.29, 0.717) is 47.4 Å². The first-order chi connectivity index (χ1) is 17.0. The number of carbonyl (C=O) groups excluding carboxylic acids is 2. The van der Waals surface area contributed by atoms with Gasteiger partial charge in [0, 0.05) is 38.9 Å². The fourth-order valence-electron chi connectivity index (χ4n) is 4.60. The number of hydrogen-bond acceptors (Lipinski definition) is 8. The Bertz CT molecular complexity index is 1220. The molecule has 2 aliphatic heterocycles. The molecule has 0 aromatic carbocycles. The predicted octanol–water partition coefficient (Wildman–Crippen LogP) is 2.95. The summed E-state index contributed by atoms with van der Waals surface area (Å²) in [6, 6.07) is 8.71. The summed E-state index contributed by atoms with van der Waals surface area (Å²) < 4.78 is 5.49. The van der Waals surface area contributed by atoms with E-state index in [0.717, 1.165) is 25.9 Å². The molecule has 35 heavy (non-hydrogen) atoms. The van der Waals surface area contributed by atoms with Crippen LogP contribution in [0, 0.1) is 0 Å². The first-order valence-corrected chi connectivity index (χ1v) is 12.1. The zero-order valence-corrected chi connectivity index (χ0v) is 20.0. The van der Waals surface area contributed by atoms with E-state index in [2.05, 4.69) is 20.4 Å². The summed E-state index contributed by atoms with van der Waals surface area (Å²) in [7, 11) is 1.79. The van der Waals surface area contributed by atoms with Gasteiger partial charge in [0.15, 0.2) is 0 Å². The highest BCUT2D eigenvalue weighted by Crippen LogP contribution is 2.30. The third-order valence-corrected chi connectivity index (χ3v) is 6.61. The van der Waals surface area contributed by atoms with Gasteiger partial charge in [0.05, 0.1) is 17.1 Å². The highest BCUT2D eigenvalue weighted by atomic mass is 16.5. The van der Waals surface area contributed by atoms with Crippen LogP contribution in [0.25, 0.3) is 22.8 Å². The van der Waals surface area contributed by atoms with E-state index < -0.39 is 6.04 Å². The molecule has 2 saturated heterocycles. The molecule has 0 unspecified atom stereocenters. The van der Waals surface area contributed by atoms with Gasteiger partial charge in [-0.15, -0.1) is 0 Å². The number of likely N-dealkylation sites (tertiary alicyclic amines) is 2. The SMILES string of the molecule is C[C@@H](Nc1nccc(-c2cccc(-c3cc([C@@H]4CCN(C)C4=O)on3)n2)n1)C(=O)N1CCCCC1. The van der Waals surface area contributed by atoms with Crippen LogP contribution in [0.2, 0.25) is 0 Å². The number of nitrogens with zero attached hydrogens (tertiary/aromatic N) is 6. The van der Waals surface area contributed by atoms with Crippen molar-refractivity contribution in [3.05, 3.63) is 42.3 Å². The van der Waals surface area contributed by atoms with Crippen molar-refractivity contribution in [2.45, 2.75) is 44.6 Å². The van der Waals surface area contributed by atoms with Crippen LogP contribution in [0.4, 0.5) is 5.95 Å². The maximum atomic E-state index is 12.8. The first kappa shape index (κ1) is 22.9. The molecule has 10 heteroatoms. The van der Waals surface area contributed by atoms with Crippen LogP contribution >= 0.6 is 0 Å². The van der Waals surface area contributed by atoms with Crippen molar-refractivity contribution in [1.82, 2.24) is 29.9 Å². The van der Waals surface area contributed by atoms with Crippen LogP contribution in [-0.2, 0) is 9.59 Å². The number of piperidine rings is 1. The van der Waals surface area contributed by atoms with Gasteiger partial charge in [0.2, 0.25) is 17.8 Å². The van der Waals surface area contributed by atoms with Crippen LogP contribution in [-0.4, -0.2) is 74.4 Å². The Balaban J connectivity index is 1.31. The van der Waals surface area contributed by atoms with Gasteiger partial charge in [0.25, 0.3) is 0 Å². The Kier molecular flexibility index (Phi) is 6.43. The average Bonchev–Trinajstić information content (AvgIpc) is 3.51. The molecule has 0 aliphatic carbocycles. The van der Waals surface area contributed by atoms with Gasteiger partial charge < -0.3 is 19.6 Å². The van der Waals surface area contributed by atoms with Gasteiger partial charge in [-0.05, 0) is 50.8 Å². The van der Waals surface area contributed by atoms with Crippen LogP contribution in [0.5, 0.6) is 0 Å². The van der Waals surface area contributed by atoms with E-state index in [1.807, 2.05) is 30.0 Å². The minimum atomic E-state index is -0.423. The number of nitrogens with one attached hydrogen (secondary N) is 1. The Hall–Kier alpha value is -3.82. The maximum absolute atomic E-state index is 12.8. The smallest absolute Gasteiger partial charge is 0.244 e. The molecular weight excluding hydrogens is 446 g/mol. The molecule has 1 N–H and O–H groups in total. The van der Waals surface area contributed by atoms with Crippen LogP contribution < -0.4 is 5.32 Å². The van der Waals surface area contributed by atoms with Gasteiger partial charge in [-0.25, -0.2) is 15.0 Å². The summed E-state index contributed by atoms with van der Waals surface area (Å²) >= 11 is 0. The molecule has 0 spiro atoms. The van der Waals surface area contributed by atoms with E-state index >= 15 is 0 Å². The molecule has 0 saturated carbocycles. The average molecular weight is 476 g/mol. The number of aromatic nitrogens is 4. The van der Waals surface area contributed by atoms with Crippen LogP contribution in [0.3, 0.4) is 0 Å². The van der Waals surface area contributed by atoms with E-state index in [1.54, 1.807) is 30.3 Å². The lowest BCUT2D eigenvalue weighted by Crippen LogP contribution is -2.44. The van der Waals surface area contributed by atoms with Gasteiger partial charge >= 0.3 is 0 Å². The van der Waals surface area contributed by atoms with E-state index in [1.165, 1.54) is 6.42 Å². The Morgan fingerprint density at radius 1 is 1.06 bits per heavy atom. The van der Waals surface area contributed by atoms with Crippen molar-refractivity contribution in [3.8, 4) is 22.8 Å². The number of rotatable bonds is 6. The summed E-state index contributed by atoms with van der Waals surface area (Å²) in [5.74, 6) is 0.744. The summed E-state index contributed by atoms with van der Waals surface area (Å²) in [5.41, 5.74) is 2.46. The summed E-state index contributed by atoms with van der Waals surface area (Å²) in [5, 5.41) is 7.28. The van der Waals surface area contributed by atoms with E-state index in [4.69, 9.17) is 9.51 Å². The molecule has 2 aliphatic rings. The molecule has 2 fully saturated rings. The molecule has 10 nitrogen and oxygen atoms in total. The van der Waals surface area contributed by atoms with Crippen molar-refractivity contribution in [1.29, 1.82) is 0 Å². The zero-order chi connectivity index (χ0) is 24.4. The molecule has 3 aromatic rings. The molecule has 5 heterocycles. The predicted molar refractivity (Wildman–Crippen MR) is 129 cm³/mol. The molecule has 0 radical (unpaired) electrons. The highest BCUT2D eigenvalue weighted by molar-refractivity contribution is 5.85. The molecule has 3 aromatic heterocycles. The molecule has 0 bridgehead atoms. The minimum Gasteiger partial charge on any atom is -0.360 e. The lowest BCUT2D eigenvalue weighted by Gasteiger charge is -2.29. The fourth-order valence-corrected chi connectivity index (χ4v) is 4.60. The Labute approximate surface area is 203 Å². The number of hydrogen-bond donors (Lipinski definition) is 1. The normalized spacial score (nSPS) is 19.1. The second kappa shape index (κ2) is 9.81. The molecule has 2 amide bonds. The van der Waals surface area contributed by atoms with E-state index in [9.17, 15) is 9.59 Å². The second-order valence-electron chi connectivity index (χ2n) is 9.14. The van der Waals surface area contributed by atoms with Crippen molar-refractivity contribution < 1.29 is 14.1 Å². The third kappa shape index (κ3) is 4.87. The van der Waals surface area contributed by atoms with E-state index in [-0.39, 0.29) is 17.7 Å². The standard InChI is InChI=1S/C25H29N7O3/c1-16(23(33)32-12-4-3-5-13-32)27-25-26-11-9-20(29-25)18-7-6-8-19(28-18)21-15-22(35-30-21)17-10-14-31(2)24(17)34/h6-9,11,15-17H,3-5,10,12-14H2,1-2H3,(H,26,27,29)/t16-,17+/m1/s1. The van der Waals surface area contributed by atoms with Crippen molar-refractivity contribution in [2.75, 3.05) is 32.0 Å². The molecule has 2 atom stereocenters. The van der Waals surface area contributed by atoms with Crippen molar-refractivity contribution in [2.24, 2.45) is 0 Å². The topological polar surface area (TPSA) is 117 Å².